The zero-order chi connectivity index (χ0) is 10.0. The summed E-state index contributed by atoms with van der Waals surface area (Å²) in [6.45, 7) is 2.83. The minimum atomic E-state index is -0.0106. The summed E-state index contributed by atoms with van der Waals surface area (Å²) in [6.07, 6.45) is 9.91. The van der Waals surface area contributed by atoms with E-state index in [4.69, 9.17) is 10.5 Å². The van der Waals surface area contributed by atoms with Crippen LogP contribution in [-0.2, 0) is 4.74 Å². The highest BCUT2D eigenvalue weighted by atomic mass is 16.5. The second-order valence-corrected chi connectivity index (χ2v) is 5.32. The normalized spacial score (nSPS) is 39.4. The third kappa shape index (κ3) is 2.29. The zero-order valence-electron chi connectivity index (χ0n) is 9.30. The standard InChI is InChI=1S/C12H23NO/c1-12(9-13)7-6-11(14-12)8-10-4-2-3-5-10/h10-11H,2-9,13H2,1H3. The van der Waals surface area contributed by atoms with Crippen LogP contribution in [0.1, 0.15) is 51.9 Å². The highest BCUT2D eigenvalue weighted by Gasteiger charge is 2.35. The van der Waals surface area contributed by atoms with Gasteiger partial charge in [-0.3, -0.25) is 0 Å². The SMILES string of the molecule is CC1(CN)CCC(CC2CCCC2)O1. The first-order chi connectivity index (χ1) is 6.72. The van der Waals surface area contributed by atoms with Gasteiger partial charge in [0.15, 0.2) is 0 Å². The van der Waals surface area contributed by atoms with Gasteiger partial charge in [0, 0.05) is 6.54 Å². The highest BCUT2D eigenvalue weighted by Crippen LogP contribution is 2.36. The van der Waals surface area contributed by atoms with Crippen LogP contribution in [0.5, 0.6) is 0 Å². The molecule has 2 nitrogen and oxygen atoms in total. The van der Waals surface area contributed by atoms with Gasteiger partial charge in [0.1, 0.15) is 0 Å². The smallest absolute Gasteiger partial charge is 0.0780 e. The maximum Gasteiger partial charge on any atom is 0.0780 e. The molecule has 2 aliphatic rings. The monoisotopic (exact) mass is 197 g/mol. The molecule has 2 unspecified atom stereocenters. The molecular formula is C12H23NO. The highest BCUT2D eigenvalue weighted by molar-refractivity contribution is 4.87. The molecule has 0 bridgehead atoms. The quantitative estimate of drug-likeness (QED) is 0.754. The van der Waals surface area contributed by atoms with Gasteiger partial charge in [-0.1, -0.05) is 25.7 Å². The van der Waals surface area contributed by atoms with Crippen LogP contribution >= 0.6 is 0 Å². The molecule has 0 spiro atoms. The number of hydrogen-bond acceptors (Lipinski definition) is 2. The van der Waals surface area contributed by atoms with Crippen LogP contribution in [0, 0.1) is 5.92 Å². The first kappa shape index (κ1) is 10.4. The predicted molar refractivity (Wildman–Crippen MR) is 58.1 cm³/mol. The molecule has 0 aromatic heterocycles. The average molecular weight is 197 g/mol. The number of rotatable bonds is 3. The zero-order valence-corrected chi connectivity index (χ0v) is 9.30. The first-order valence-electron chi connectivity index (χ1n) is 6.10. The summed E-state index contributed by atoms with van der Waals surface area (Å²) in [6, 6.07) is 0. The summed E-state index contributed by atoms with van der Waals surface area (Å²) in [5, 5.41) is 0. The Bertz CT molecular complexity index is 189. The molecule has 2 N–H and O–H groups in total. The molecule has 1 saturated carbocycles. The van der Waals surface area contributed by atoms with Crippen molar-refractivity contribution < 1.29 is 4.74 Å². The lowest BCUT2D eigenvalue weighted by atomic mass is 9.97. The van der Waals surface area contributed by atoms with Gasteiger partial charge in [-0.25, -0.2) is 0 Å². The molecule has 82 valence electrons. The van der Waals surface area contributed by atoms with E-state index in [0.717, 1.165) is 12.3 Å². The minimum absolute atomic E-state index is 0.0106. The van der Waals surface area contributed by atoms with E-state index in [9.17, 15) is 0 Å². The molecule has 14 heavy (non-hydrogen) atoms. The van der Waals surface area contributed by atoms with Gasteiger partial charge in [-0.05, 0) is 32.1 Å². The van der Waals surface area contributed by atoms with Crippen molar-refractivity contribution in [1.29, 1.82) is 0 Å². The first-order valence-corrected chi connectivity index (χ1v) is 6.10. The molecule has 2 fully saturated rings. The largest absolute Gasteiger partial charge is 0.371 e. The Labute approximate surface area is 87.2 Å². The third-order valence-electron chi connectivity index (χ3n) is 3.95. The van der Waals surface area contributed by atoms with Crippen LogP contribution < -0.4 is 5.73 Å². The molecule has 0 aromatic rings. The van der Waals surface area contributed by atoms with Crippen LogP contribution in [0.15, 0.2) is 0 Å². The topological polar surface area (TPSA) is 35.2 Å². The van der Waals surface area contributed by atoms with Crippen molar-refractivity contribution in [2.75, 3.05) is 6.54 Å². The molecular weight excluding hydrogens is 174 g/mol. The van der Waals surface area contributed by atoms with E-state index < -0.39 is 0 Å². The second-order valence-electron chi connectivity index (χ2n) is 5.32. The maximum absolute atomic E-state index is 6.04. The van der Waals surface area contributed by atoms with Crippen LogP contribution in [0.4, 0.5) is 0 Å². The van der Waals surface area contributed by atoms with Gasteiger partial charge >= 0.3 is 0 Å². The van der Waals surface area contributed by atoms with Crippen molar-refractivity contribution in [2.24, 2.45) is 11.7 Å². The summed E-state index contributed by atoms with van der Waals surface area (Å²) < 4.78 is 6.04. The molecule has 0 amide bonds. The Kier molecular flexibility index (Phi) is 3.13. The molecule has 2 rings (SSSR count). The Morgan fingerprint density at radius 3 is 2.57 bits per heavy atom. The van der Waals surface area contributed by atoms with E-state index in [1.807, 2.05) is 0 Å². The van der Waals surface area contributed by atoms with Crippen molar-refractivity contribution in [3.05, 3.63) is 0 Å². The van der Waals surface area contributed by atoms with Gasteiger partial charge in [-0.2, -0.15) is 0 Å². The van der Waals surface area contributed by atoms with Crippen molar-refractivity contribution in [3.8, 4) is 0 Å². The average Bonchev–Trinajstić information content (AvgIpc) is 2.78. The Morgan fingerprint density at radius 2 is 2.00 bits per heavy atom. The fourth-order valence-electron chi connectivity index (χ4n) is 2.92. The molecule has 0 radical (unpaired) electrons. The lowest BCUT2D eigenvalue weighted by Gasteiger charge is -2.23. The van der Waals surface area contributed by atoms with E-state index in [1.54, 1.807) is 0 Å². The molecule has 0 aromatic carbocycles. The van der Waals surface area contributed by atoms with Gasteiger partial charge in [-0.15, -0.1) is 0 Å². The summed E-state index contributed by atoms with van der Waals surface area (Å²) in [4.78, 5) is 0. The lowest BCUT2D eigenvalue weighted by molar-refractivity contribution is -0.0303. The van der Waals surface area contributed by atoms with E-state index in [-0.39, 0.29) is 5.60 Å². The van der Waals surface area contributed by atoms with Gasteiger partial charge in [0.05, 0.1) is 11.7 Å². The second kappa shape index (κ2) is 4.19. The molecule has 1 aliphatic carbocycles. The van der Waals surface area contributed by atoms with Gasteiger partial charge < -0.3 is 10.5 Å². The summed E-state index contributed by atoms with van der Waals surface area (Å²) in [7, 11) is 0. The van der Waals surface area contributed by atoms with E-state index >= 15 is 0 Å². The Morgan fingerprint density at radius 1 is 1.29 bits per heavy atom. The number of ether oxygens (including phenoxy) is 1. The van der Waals surface area contributed by atoms with Crippen LogP contribution in [0.25, 0.3) is 0 Å². The third-order valence-corrected chi connectivity index (χ3v) is 3.95. The molecule has 1 saturated heterocycles. The molecule has 2 heteroatoms. The Hall–Kier alpha value is -0.0800. The Balaban J connectivity index is 1.78. The number of hydrogen-bond donors (Lipinski definition) is 1. The maximum atomic E-state index is 6.04. The van der Waals surface area contributed by atoms with E-state index in [2.05, 4.69) is 6.92 Å². The fourth-order valence-corrected chi connectivity index (χ4v) is 2.92. The van der Waals surface area contributed by atoms with Crippen molar-refractivity contribution in [3.63, 3.8) is 0 Å². The van der Waals surface area contributed by atoms with Crippen LogP contribution in [-0.4, -0.2) is 18.2 Å². The minimum Gasteiger partial charge on any atom is -0.371 e. The lowest BCUT2D eigenvalue weighted by Crippen LogP contribution is -2.34. The molecule has 1 aliphatic heterocycles. The van der Waals surface area contributed by atoms with Crippen molar-refractivity contribution >= 4 is 0 Å². The predicted octanol–water partition coefficient (Wildman–Crippen LogP) is 2.46. The number of nitrogens with two attached hydrogens (primary N) is 1. The van der Waals surface area contributed by atoms with E-state index in [0.29, 0.717) is 12.6 Å². The summed E-state index contributed by atoms with van der Waals surface area (Å²) >= 11 is 0. The fraction of sp³-hybridized carbons (Fsp3) is 1.00. The van der Waals surface area contributed by atoms with Gasteiger partial charge in [0.25, 0.3) is 0 Å². The molecule has 1 heterocycles. The van der Waals surface area contributed by atoms with Gasteiger partial charge in [0.2, 0.25) is 0 Å². The van der Waals surface area contributed by atoms with Crippen molar-refractivity contribution in [1.82, 2.24) is 0 Å². The molecule has 2 atom stereocenters. The van der Waals surface area contributed by atoms with Crippen molar-refractivity contribution in [2.45, 2.75) is 63.6 Å². The van der Waals surface area contributed by atoms with Crippen LogP contribution in [0.3, 0.4) is 0 Å². The van der Waals surface area contributed by atoms with Crippen LogP contribution in [0.2, 0.25) is 0 Å². The summed E-state index contributed by atoms with van der Waals surface area (Å²) in [5.74, 6) is 0.945. The summed E-state index contributed by atoms with van der Waals surface area (Å²) in [5.41, 5.74) is 5.70. The van der Waals surface area contributed by atoms with E-state index in [1.165, 1.54) is 38.5 Å².